The predicted octanol–water partition coefficient (Wildman–Crippen LogP) is 2.00. The number of allylic oxidation sites excluding steroid dienone is 1. The summed E-state index contributed by atoms with van der Waals surface area (Å²) in [5, 5.41) is 10.7. The third kappa shape index (κ3) is 3.24. The lowest BCUT2D eigenvalue weighted by Crippen LogP contribution is -2.26. The zero-order valence-corrected chi connectivity index (χ0v) is 13.4. The molecule has 22 heavy (non-hydrogen) atoms. The van der Waals surface area contributed by atoms with Crippen LogP contribution in [0.5, 0.6) is 0 Å². The summed E-state index contributed by atoms with van der Waals surface area (Å²) in [6, 6.07) is 0. The quantitative estimate of drug-likeness (QED) is 0.635. The molecule has 0 spiro atoms. The van der Waals surface area contributed by atoms with Crippen molar-refractivity contribution < 1.29 is 24.2 Å². The third-order valence-corrected chi connectivity index (χ3v) is 4.62. The SMILES string of the molecule is C=C[C@@H]1CC(C)(C)[C@H](O)/C1=C(\COC(C)=O)[C@H]1COC(=O)C1. The van der Waals surface area contributed by atoms with E-state index in [-0.39, 0.29) is 48.8 Å². The molecule has 1 saturated heterocycles. The van der Waals surface area contributed by atoms with Gasteiger partial charge in [0.15, 0.2) is 0 Å². The van der Waals surface area contributed by atoms with Gasteiger partial charge >= 0.3 is 11.9 Å². The maximum Gasteiger partial charge on any atom is 0.306 e. The molecule has 0 amide bonds. The molecule has 122 valence electrons. The minimum Gasteiger partial charge on any atom is -0.465 e. The number of esters is 2. The number of carbonyl (C=O) groups excluding carboxylic acids is 2. The summed E-state index contributed by atoms with van der Waals surface area (Å²) >= 11 is 0. The van der Waals surface area contributed by atoms with Gasteiger partial charge in [-0.3, -0.25) is 9.59 Å². The zero-order valence-electron chi connectivity index (χ0n) is 13.4. The summed E-state index contributed by atoms with van der Waals surface area (Å²) in [5.41, 5.74) is 1.37. The summed E-state index contributed by atoms with van der Waals surface area (Å²) in [6.07, 6.45) is 2.21. The van der Waals surface area contributed by atoms with E-state index >= 15 is 0 Å². The van der Waals surface area contributed by atoms with Crippen molar-refractivity contribution >= 4 is 11.9 Å². The van der Waals surface area contributed by atoms with Crippen LogP contribution in [0.2, 0.25) is 0 Å². The average Bonchev–Trinajstić information content (AvgIpc) is 2.95. The number of rotatable bonds is 4. The molecule has 1 aliphatic heterocycles. The molecule has 0 unspecified atom stereocenters. The standard InChI is InChI=1S/C17H24O5/c1-5-11-7-17(3,4)16(20)15(11)13(9-21-10(2)18)12-6-14(19)22-8-12/h5,11-12,16,20H,1,6-9H2,2-4H3/b15-13+/t11-,12-,16-/m1/s1. The van der Waals surface area contributed by atoms with E-state index in [0.29, 0.717) is 0 Å². The van der Waals surface area contributed by atoms with E-state index in [0.717, 1.165) is 17.6 Å². The molecule has 0 aromatic rings. The van der Waals surface area contributed by atoms with E-state index in [9.17, 15) is 14.7 Å². The Balaban J connectivity index is 2.41. The smallest absolute Gasteiger partial charge is 0.306 e. The molecule has 2 fully saturated rings. The Labute approximate surface area is 131 Å². The molecule has 5 nitrogen and oxygen atoms in total. The Morgan fingerprint density at radius 3 is 2.73 bits per heavy atom. The normalized spacial score (nSPS) is 32.5. The topological polar surface area (TPSA) is 72.8 Å². The van der Waals surface area contributed by atoms with Crippen LogP contribution in [-0.4, -0.2) is 36.4 Å². The summed E-state index contributed by atoms with van der Waals surface area (Å²) in [7, 11) is 0. The first-order valence-corrected chi connectivity index (χ1v) is 7.58. The van der Waals surface area contributed by atoms with Gasteiger partial charge in [0.25, 0.3) is 0 Å². The molecule has 2 aliphatic rings. The van der Waals surface area contributed by atoms with Crippen molar-refractivity contribution in [1.82, 2.24) is 0 Å². The molecule has 5 heteroatoms. The van der Waals surface area contributed by atoms with Gasteiger partial charge in [-0.1, -0.05) is 19.9 Å². The van der Waals surface area contributed by atoms with Crippen molar-refractivity contribution in [3.63, 3.8) is 0 Å². The fourth-order valence-electron chi connectivity index (χ4n) is 3.39. The van der Waals surface area contributed by atoms with Gasteiger partial charge in [-0.2, -0.15) is 0 Å². The summed E-state index contributed by atoms with van der Waals surface area (Å²) in [4.78, 5) is 22.6. The molecule has 0 aromatic heterocycles. The second kappa shape index (κ2) is 6.24. The Hall–Kier alpha value is -1.62. The van der Waals surface area contributed by atoms with Crippen molar-refractivity contribution in [3.8, 4) is 0 Å². The van der Waals surface area contributed by atoms with E-state index in [1.54, 1.807) is 0 Å². The first-order chi connectivity index (χ1) is 10.3. The molecule has 1 heterocycles. The summed E-state index contributed by atoms with van der Waals surface area (Å²) in [6.45, 7) is 9.57. The molecular weight excluding hydrogens is 284 g/mol. The molecule has 0 aromatic carbocycles. The van der Waals surface area contributed by atoms with Crippen molar-refractivity contribution in [2.75, 3.05) is 13.2 Å². The molecule has 0 bridgehead atoms. The minimum absolute atomic E-state index is 0.0197. The van der Waals surface area contributed by atoms with E-state index < -0.39 is 6.10 Å². The Kier molecular flexibility index (Phi) is 4.75. The van der Waals surface area contributed by atoms with Crippen LogP contribution in [0.4, 0.5) is 0 Å². The number of carbonyl (C=O) groups is 2. The summed E-state index contributed by atoms with van der Waals surface area (Å²) in [5.74, 6) is -0.767. The highest BCUT2D eigenvalue weighted by Crippen LogP contribution is 2.48. The molecule has 2 rings (SSSR count). The Morgan fingerprint density at radius 1 is 1.55 bits per heavy atom. The number of hydrogen-bond donors (Lipinski definition) is 1. The van der Waals surface area contributed by atoms with E-state index in [2.05, 4.69) is 6.58 Å². The van der Waals surface area contributed by atoms with Gasteiger partial charge in [-0.15, -0.1) is 6.58 Å². The number of ether oxygens (including phenoxy) is 2. The average molecular weight is 308 g/mol. The molecule has 1 N–H and O–H groups in total. The molecule has 0 radical (unpaired) electrons. The highest BCUT2D eigenvalue weighted by molar-refractivity contribution is 5.72. The van der Waals surface area contributed by atoms with Gasteiger partial charge in [0.05, 0.1) is 19.1 Å². The van der Waals surface area contributed by atoms with Crippen LogP contribution in [0, 0.1) is 17.3 Å². The van der Waals surface area contributed by atoms with Crippen LogP contribution < -0.4 is 0 Å². The fraction of sp³-hybridized carbons (Fsp3) is 0.647. The highest BCUT2D eigenvalue weighted by Gasteiger charge is 2.45. The molecule has 3 atom stereocenters. The van der Waals surface area contributed by atoms with Gasteiger partial charge < -0.3 is 14.6 Å². The van der Waals surface area contributed by atoms with Crippen molar-refractivity contribution in [3.05, 3.63) is 23.8 Å². The fourth-order valence-corrected chi connectivity index (χ4v) is 3.39. The van der Waals surface area contributed by atoms with Crippen molar-refractivity contribution in [2.45, 2.75) is 39.7 Å². The van der Waals surface area contributed by atoms with Crippen LogP contribution >= 0.6 is 0 Å². The second-order valence-electron chi connectivity index (χ2n) is 6.78. The monoisotopic (exact) mass is 308 g/mol. The second-order valence-corrected chi connectivity index (χ2v) is 6.78. The predicted molar refractivity (Wildman–Crippen MR) is 80.8 cm³/mol. The lowest BCUT2D eigenvalue weighted by atomic mass is 9.85. The van der Waals surface area contributed by atoms with Crippen LogP contribution in [-0.2, 0) is 19.1 Å². The third-order valence-electron chi connectivity index (χ3n) is 4.62. The minimum atomic E-state index is -0.642. The zero-order chi connectivity index (χ0) is 16.5. The van der Waals surface area contributed by atoms with Gasteiger partial charge in [-0.25, -0.2) is 0 Å². The number of aliphatic hydroxyl groups is 1. The lowest BCUT2D eigenvalue weighted by Gasteiger charge is -2.25. The van der Waals surface area contributed by atoms with E-state index in [1.807, 2.05) is 19.9 Å². The number of hydrogen-bond acceptors (Lipinski definition) is 5. The lowest BCUT2D eigenvalue weighted by molar-refractivity contribution is -0.140. The van der Waals surface area contributed by atoms with Gasteiger partial charge in [0, 0.05) is 18.8 Å². The maximum absolute atomic E-state index is 11.4. The molecular formula is C17H24O5. The van der Waals surface area contributed by atoms with Gasteiger partial charge in [0.1, 0.15) is 6.61 Å². The first-order valence-electron chi connectivity index (χ1n) is 7.58. The van der Waals surface area contributed by atoms with Crippen LogP contribution in [0.15, 0.2) is 23.8 Å². The summed E-state index contributed by atoms with van der Waals surface area (Å²) < 4.78 is 10.2. The van der Waals surface area contributed by atoms with Crippen LogP contribution in [0.3, 0.4) is 0 Å². The van der Waals surface area contributed by atoms with Gasteiger partial charge in [-0.05, 0) is 23.0 Å². The van der Waals surface area contributed by atoms with Crippen LogP contribution in [0.25, 0.3) is 0 Å². The molecule has 1 saturated carbocycles. The van der Waals surface area contributed by atoms with Crippen LogP contribution in [0.1, 0.15) is 33.6 Å². The maximum atomic E-state index is 11.4. The first kappa shape index (κ1) is 16.7. The largest absolute Gasteiger partial charge is 0.465 e. The van der Waals surface area contributed by atoms with Gasteiger partial charge in [0.2, 0.25) is 0 Å². The number of cyclic esters (lactones) is 1. The number of aliphatic hydroxyl groups excluding tert-OH is 1. The van der Waals surface area contributed by atoms with E-state index in [4.69, 9.17) is 9.47 Å². The molecule has 1 aliphatic carbocycles. The highest BCUT2D eigenvalue weighted by atomic mass is 16.5. The Bertz CT molecular complexity index is 517. The van der Waals surface area contributed by atoms with E-state index in [1.165, 1.54) is 6.92 Å². The van der Waals surface area contributed by atoms with Crippen molar-refractivity contribution in [1.29, 1.82) is 0 Å². The van der Waals surface area contributed by atoms with Crippen molar-refractivity contribution in [2.24, 2.45) is 17.3 Å². The Morgan fingerprint density at radius 2 is 2.23 bits per heavy atom.